The van der Waals surface area contributed by atoms with Gasteiger partial charge in [0.15, 0.2) is 11.7 Å². The van der Waals surface area contributed by atoms with Crippen molar-refractivity contribution in [3.8, 4) is 0 Å². The third kappa shape index (κ3) is 4.97. The molecule has 0 unspecified atom stereocenters. The summed E-state index contributed by atoms with van der Waals surface area (Å²) in [5, 5.41) is 16.8. The minimum Gasteiger partial charge on any atom is -0.476 e. The molecule has 0 radical (unpaired) electrons. The molecule has 0 spiro atoms. The molecule has 14 heteroatoms. The molecule has 1 aliphatic rings. The van der Waals surface area contributed by atoms with E-state index in [2.05, 4.69) is 30.6 Å². The van der Waals surface area contributed by atoms with E-state index in [-0.39, 0.29) is 17.2 Å². The van der Waals surface area contributed by atoms with Crippen LogP contribution in [0.3, 0.4) is 0 Å². The molecule has 11 nitrogen and oxygen atoms in total. The van der Waals surface area contributed by atoms with E-state index in [0.29, 0.717) is 19.0 Å². The van der Waals surface area contributed by atoms with Crippen molar-refractivity contribution in [1.82, 2.24) is 15.6 Å². The minimum absolute atomic E-state index is 0.157. The van der Waals surface area contributed by atoms with Gasteiger partial charge in [0.1, 0.15) is 10.8 Å². The Morgan fingerprint density at radius 2 is 2.14 bits per heavy atom. The summed E-state index contributed by atoms with van der Waals surface area (Å²) >= 11 is 0.776. The highest BCUT2D eigenvalue weighted by atomic mass is 32.2. The molecule has 154 valence electrons. The molecule has 2 aromatic rings. The number of aromatic nitrogens is 1. The van der Waals surface area contributed by atoms with Crippen LogP contribution in [0.2, 0.25) is 0 Å². The number of aliphatic imine (C=N–C) groups is 1. The van der Waals surface area contributed by atoms with Crippen LogP contribution in [0.1, 0.15) is 10.5 Å². The second kappa shape index (κ2) is 8.40. The lowest BCUT2D eigenvalue weighted by Gasteiger charge is -2.11. The number of hydrogen-bond acceptors (Lipinski definition) is 9. The second-order valence-electron chi connectivity index (χ2n) is 5.64. The molecule has 1 aromatic carbocycles. The van der Waals surface area contributed by atoms with Crippen LogP contribution in [0.4, 0.5) is 15.1 Å². The van der Waals surface area contributed by atoms with Gasteiger partial charge in [0.25, 0.3) is 10.0 Å². The summed E-state index contributed by atoms with van der Waals surface area (Å²) in [7, 11) is -4.26. The quantitative estimate of drug-likeness (QED) is 0.408. The van der Waals surface area contributed by atoms with Crippen LogP contribution in [-0.4, -0.2) is 56.0 Å². The standard InChI is InChI=1S/C15H15FN6O5S2/c16-9-5-8(29(26,27)22-13-12(14(24)25)20-7-28-13)1-2-10(9)21-11(23)6-19-15-17-3-4-18-15/h1-2,5,7,22H,3-4,6H2,(H,21,23)(H,24,25)(H2,17,18,19). The van der Waals surface area contributed by atoms with E-state index in [4.69, 9.17) is 5.11 Å². The van der Waals surface area contributed by atoms with Crippen LogP contribution in [0.25, 0.3) is 0 Å². The molecular formula is C15H15FN6O5S2. The van der Waals surface area contributed by atoms with Gasteiger partial charge in [-0.25, -0.2) is 22.6 Å². The van der Waals surface area contributed by atoms with Crippen molar-refractivity contribution in [1.29, 1.82) is 0 Å². The van der Waals surface area contributed by atoms with Crippen molar-refractivity contribution in [2.75, 3.05) is 29.7 Å². The maximum atomic E-state index is 14.3. The maximum absolute atomic E-state index is 14.3. The first kappa shape index (κ1) is 20.5. The normalized spacial score (nSPS) is 13.3. The summed E-state index contributed by atoms with van der Waals surface area (Å²) < 4.78 is 41.2. The zero-order valence-electron chi connectivity index (χ0n) is 14.6. The van der Waals surface area contributed by atoms with E-state index in [1.807, 2.05) is 0 Å². The van der Waals surface area contributed by atoms with Crippen molar-refractivity contribution in [3.05, 3.63) is 35.2 Å². The summed E-state index contributed by atoms with van der Waals surface area (Å²) in [6, 6.07) is 2.89. The number of carbonyl (C=O) groups is 2. The van der Waals surface area contributed by atoms with E-state index in [0.717, 1.165) is 29.5 Å². The topological polar surface area (TPSA) is 162 Å². The summed E-state index contributed by atoms with van der Waals surface area (Å²) in [5.74, 6) is -2.46. The van der Waals surface area contributed by atoms with Gasteiger partial charge in [-0.3, -0.25) is 14.5 Å². The molecule has 1 amide bonds. The Labute approximate surface area is 168 Å². The molecule has 29 heavy (non-hydrogen) atoms. The number of amides is 1. The Balaban J connectivity index is 1.68. The van der Waals surface area contributed by atoms with E-state index in [1.54, 1.807) is 0 Å². The SMILES string of the molecule is O=C(CNC1=NCCN1)Nc1ccc(S(=O)(=O)Nc2scnc2C(=O)O)cc1F. The van der Waals surface area contributed by atoms with Crippen molar-refractivity contribution in [2.24, 2.45) is 4.99 Å². The Kier molecular flexibility index (Phi) is 5.93. The zero-order valence-corrected chi connectivity index (χ0v) is 16.2. The summed E-state index contributed by atoms with van der Waals surface area (Å²) in [6.07, 6.45) is 0. The van der Waals surface area contributed by atoms with Gasteiger partial charge in [0.2, 0.25) is 5.91 Å². The number of guanidine groups is 1. The first-order valence-electron chi connectivity index (χ1n) is 8.07. The van der Waals surface area contributed by atoms with Gasteiger partial charge in [-0.1, -0.05) is 0 Å². The van der Waals surface area contributed by atoms with Gasteiger partial charge in [-0.05, 0) is 18.2 Å². The number of carboxylic acids is 1. The molecule has 0 saturated carbocycles. The number of benzene rings is 1. The predicted octanol–water partition coefficient (Wildman–Crippen LogP) is 0.268. The molecular weight excluding hydrogens is 427 g/mol. The molecule has 0 saturated heterocycles. The number of sulfonamides is 1. The van der Waals surface area contributed by atoms with Crippen molar-refractivity contribution >= 4 is 49.9 Å². The highest BCUT2D eigenvalue weighted by Crippen LogP contribution is 2.25. The number of carboxylic acid groups (broad SMARTS) is 1. The summed E-state index contributed by atoms with van der Waals surface area (Å²) in [6.45, 7) is 1.10. The number of nitrogens with one attached hydrogen (secondary N) is 4. The van der Waals surface area contributed by atoms with Crippen LogP contribution >= 0.6 is 11.3 Å². The first-order chi connectivity index (χ1) is 13.8. The van der Waals surface area contributed by atoms with Crippen LogP contribution in [0, 0.1) is 5.82 Å². The van der Waals surface area contributed by atoms with Gasteiger partial charge >= 0.3 is 5.97 Å². The highest BCUT2D eigenvalue weighted by molar-refractivity contribution is 7.93. The molecule has 1 aromatic heterocycles. The molecule has 5 N–H and O–H groups in total. The Bertz CT molecular complexity index is 1080. The van der Waals surface area contributed by atoms with Crippen LogP contribution in [-0.2, 0) is 14.8 Å². The fourth-order valence-electron chi connectivity index (χ4n) is 2.29. The molecule has 0 atom stereocenters. The Morgan fingerprint density at radius 1 is 1.34 bits per heavy atom. The molecule has 0 bridgehead atoms. The van der Waals surface area contributed by atoms with Crippen molar-refractivity contribution < 1.29 is 27.5 Å². The molecule has 2 heterocycles. The number of aromatic carboxylic acids is 1. The number of anilines is 2. The average molecular weight is 442 g/mol. The smallest absolute Gasteiger partial charge is 0.357 e. The lowest BCUT2D eigenvalue weighted by molar-refractivity contribution is -0.115. The second-order valence-corrected chi connectivity index (χ2v) is 8.18. The van der Waals surface area contributed by atoms with Crippen LogP contribution < -0.4 is 20.7 Å². The number of rotatable bonds is 7. The van der Waals surface area contributed by atoms with Crippen molar-refractivity contribution in [2.45, 2.75) is 4.90 Å². The number of carbonyl (C=O) groups excluding carboxylic acids is 1. The predicted molar refractivity (Wildman–Crippen MR) is 103 cm³/mol. The molecule has 3 rings (SSSR count). The molecule has 0 aliphatic carbocycles. The fraction of sp³-hybridized carbons (Fsp3) is 0.200. The maximum Gasteiger partial charge on any atom is 0.357 e. The average Bonchev–Trinajstić information content (AvgIpc) is 3.33. The first-order valence-corrected chi connectivity index (χ1v) is 10.4. The van der Waals surface area contributed by atoms with Gasteiger partial charge in [-0.2, -0.15) is 0 Å². The van der Waals surface area contributed by atoms with Gasteiger partial charge < -0.3 is 21.1 Å². The van der Waals surface area contributed by atoms with Gasteiger partial charge in [0.05, 0.1) is 29.2 Å². The van der Waals surface area contributed by atoms with Crippen LogP contribution in [0.15, 0.2) is 33.6 Å². The summed E-state index contributed by atoms with van der Waals surface area (Å²) in [5.41, 5.74) is 0.499. The van der Waals surface area contributed by atoms with Crippen LogP contribution in [0.5, 0.6) is 0 Å². The monoisotopic (exact) mass is 442 g/mol. The lowest BCUT2D eigenvalue weighted by atomic mass is 10.3. The fourth-order valence-corrected chi connectivity index (χ4v) is 4.29. The lowest BCUT2D eigenvalue weighted by Crippen LogP contribution is -2.38. The van der Waals surface area contributed by atoms with E-state index in [9.17, 15) is 22.4 Å². The van der Waals surface area contributed by atoms with Crippen molar-refractivity contribution in [3.63, 3.8) is 0 Å². The third-order valence-electron chi connectivity index (χ3n) is 3.61. The van der Waals surface area contributed by atoms with E-state index >= 15 is 0 Å². The highest BCUT2D eigenvalue weighted by Gasteiger charge is 2.22. The number of halogens is 1. The summed E-state index contributed by atoms with van der Waals surface area (Å²) in [4.78, 5) is 30.1. The molecule has 0 fully saturated rings. The Morgan fingerprint density at radius 3 is 2.79 bits per heavy atom. The zero-order chi connectivity index (χ0) is 21.0. The molecule has 1 aliphatic heterocycles. The van der Waals surface area contributed by atoms with E-state index < -0.39 is 38.3 Å². The third-order valence-corrected chi connectivity index (χ3v) is 5.83. The van der Waals surface area contributed by atoms with Gasteiger partial charge in [0, 0.05) is 6.54 Å². The number of nitrogens with zero attached hydrogens (tertiary/aromatic N) is 2. The number of hydrogen-bond donors (Lipinski definition) is 5. The Hall–Kier alpha value is -3.26. The minimum atomic E-state index is -4.26. The largest absolute Gasteiger partial charge is 0.476 e. The van der Waals surface area contributed by atoms with Gasteiger partial charge in [-0.15, -0.1) is 11.3 Å². The van der Waals surface area contributed by atoms with E-state index in [1.165, 1.54) is 5.51 Å². The number of thiazole rings is 1.